The van der Waals surface area contributed by atoms with E-state index in [1.807, 2.05) is 0 Å². The molecule has 0 aromatic rings. The molecule has 0 spiro atoms. The first-order valence-corrected chi connectivity index (χ1v) is 3.97. The zero-order valence-corrected chi connectivity index (χ0v) is 6.27. The third-order valence-electron chi connectivity index (χ3n) is 2.00. The van der Waals surface area contributed by atoms with Gasteiger partial charge in [-0.1, -0.05) is 12.8 Å². The summed E-state index contributed by atoms with van der Waals surface area (Å²) in [4.78, 5) is 0. The molecular formula is C7H11BF3-. The lowest BCUT2D eigenvalue weighted by molar-refractivity contribution is 0.497. The van der Waals surface area contributed by atoms with Gasteiger partial charge in [0.1, 0.15) is 0 Å². The summed E-state index contributed by atoms with van der Waals surface area (Å²) in [7, 11) is 0. The number of hydrogen-bond donors (Lipinski definition) is 0. The van der Waals surface area contributed by atoms with E-state index in [1.165, 1.54) is 6.08 Å². The van der Waals surface area contributed by atoms with Gasteiger partial charge in [0.05, 0.1) is 0 Å². The first kappa shape index (κ1) is 8.69. The third kappa shape index (κ3) is 3.49. The molecule has 1 saturated carbocycles. The molecule has 64 valence electrons. The maximum absolute atomic E-state index is 11.7. The van der Waals surface area contributed by atoms with Gasteiger partial charge in [0.2, 0.25) is 0 Å². The van der Waals surface area contributed by atoms with Crippen molar-refractivity contribution >= 4 is 6.98 Å². The average Bonchev–Trinajstić information content (AvgIpc) is 2.32. The highest BCUT2D eigenvalue weighted by Gasteiger charge is 2.19. The molecule has 0 heterocycles. The van der Waals surface area contributed by atoms with Crippen molar-refractivity contribution in [3.05, 3.63) is 12.1 Å². The Morgan fingerprint density at radius 2 is 1.64 bits per heavy atom. The maximum Gasteiger partial charge on any atom is 0.502 e. The standard InChI is InChI=1S/C7H11BF3/c9-8(10,11)6-5-7-3-1-2-4-7/h5-7H,1-4H2/q-1/b6-5+. The quantitative estimate of drug-likeness (QED) is 0.548. The van der Waals surface area contributed by atoms with E-state index in [0.29, 0.717) is 5.98 Å². The lowest BCUT2D eigenvalue weighted by Gasteiger charge is -2.08. The minimum atomic E-state index is -4.70. The van der Waals surface area contributed by atoms with Crippen LogP contribution in [0.5, 0.6) is 0 Å². The minimum absolute atomic E-state index is 0.193. The van der Waals surface area contributed by atoms with Crippen LogP contribution in [0.4, 0.5) is 12.9 Å². The van der Waals surface area contributed by atoms with Crippen LogP contribution in [0.1, 0.15) is 25.7 Å². The van der Waals surface area contributed by atoms with Crippen LogP contribution in [0.15, 0.2) is 12.1 Å². The van der Waals surface area contributed by atoms with Crippen molar-refractivity contribution < 1.29 is 12.9 Å². The number of hydrogen-bond acceptors (Lipinski definition) is 0. The normalized spacial score (nSPS) is 21.7. The van der Waals surface area contributed by atoms with E-state index in [0.717, 1.165) is 25.7 Å². The van der Waals surface area contributed by atoms with Gasteiger partial charge >= 0.3 is 6.98 Å². The summed E-state index contributed by atoms with van der Waals surface area (Å²) in [6.07, 6.45) is 5.36. The Morgan fingerprint density at radius 1 is 1.09 bits per heavy atom. The van der Waals surface area contributed by atoms with Crippen LogP contribution in [-0.4, -0.2) is 6.98 Å². The fourth-order valence-corrected chi connectivity index (χ4v) is 1.43. The molecule has 4 heteroatoms. The molecule has 1 rings (SSSR count). The average molecular weight is 163 g/mol. The second-order valence-electron chi connectivity index (χ2n) is 3.05. The van der Waals surface area contributed by atoms with Gasteiger partial charge in [0.15, 0.2) is 0 Å². The van der Waals surface area contributed by atoms with Crippen LogP contribution in [0, 0.1) is 5.92 Å². The Bertz CT molecular complexity index is 144. The molecule has 1 aliphatic rings. The fourth-order valence-electron chi connectivity index (χ4n) is 1.43. The Kier molecular flexibility index (Phi) is 2.63. The topological polar surface area (TPSA) is 0 Å². The number of halogens is 3. The van der Waals surface area contributed by atoms with E-state index in [1.54, 1.807) is 0 Å². The van der Waals surface area contributed by atoms with E-state index in [-0.39, 0.29) is 5.92 Å². The molecule has 0 saturated heterocycles. The van der Waals surface area contributed by atoms with Gasteiger partial charge < -0.3 is 12.9 Å². The molecule has 0 bridgehead atoms. The SMILES string of the molecule is F[B-](F)(F)/C=C/C1CCCC1. The molecule has 0 amide bonds. The highest BCUT2D eigenvalue weighted by atomic mass is 19.4. The van der Waals surface area contributed by atoms with Gasteiger partial charge in [-0.2, -0.15) is 0 Å². The van der Waals surface area contributed by atoms with Crippen LogP contribution in [0.25, 0.3) is 0 Å². The smallest absolute Gasteiger partial charge is 0.445 e. The molecule has 0 atom stereocenters. The molecule has 1 aliphatic carbocycles. The Balaban J connectivity index is 2.34. The van der Waals surface area contributed by atoms with Gasteiger partial charge in [0.25, 0.3) is 0 Å². The summed E-state index contributed by atoms with van der Waals surface area (Å²) in [6, 6.07) is 0. The van der Waals surface area contributed by atoms with E-state index in [4.69, 9.17) is 0 Å². The molecule has 0 N–H and O–H groups in total. The molecule has 0 radical (unpaired) electrons. The lowest BCUT2D eigenvalue weighted by Crippen LogP contribution is -2.10. The first-order valence-electron chi connectivity index (χ1n) is 3.97. The predicted octanol–water partition coefficient (Wildman–Crippen LogP) is 3.12. The largest absolute Gasteiger partial charge is 0.502 e. The van der Waals surface area contributed by atoms with Gasteiger partial charge in [-0.05, 0) is 18.8 Å². The van der Waals surface area contributed by atoms with Crippen molar-refractivity contribution in [3.8, 4) is 0 Å². The Morgan fingerprint density at radius 3 is 2.09 bits per heavy atom. The van der Waals surface area contributed by atoms with Crippen LogP contribution >= 0.6 is 0 Å². The van der Waals surface area contributed by atoms with Gasteiger partial charge in [-0.15, -0.1) is 12.1 Å². The third-order valence-corrected chi connectivity index (χ3v) is 2.00. The maximum atomic E-state index is 11.7. The molecule has 1 fully saturated rings. The van der Waals surface area contributed by atoms with Crippen LogP contribution in [-0.2, 0) is 0 Å². The van der Waals surface area contributed by atoms with E-state index >= 15 is 0 Å². The van der Waals surface area contributed by atoms with Crippen LogP contribution < -0.4 is 0 Å². The zero-order chi connectivity index (χ0) is 8.32. The van der Waals surface area contributed by atoms with Crippen molar-refractivity contribution in [2.45, 2.75) is 25.7 Å². The summed E-state index contributed by atoms with van der Waals surface area (Å²) in [6.45, 7) is -4.70. The highest BCUT2D eigenvalue weighted by Crippen LogP contribution is 2.26. The molecule has 0 unspecified atom stereocenters. The predicted molar refractivity (Wildman–Crippen MR) is 40.2 cm³/mol. The van der Waals surface area contributed by atoms with Gasteiger partial charge in [-0.3, -0.25) is 0 Å². The van der Waals surface area contributed by atoms with Crippen molar-refractivity contribution in [2.75, 3.05) is 0 Å². The van der Waals surface area contributed by atoms with Crippen molar-refractivity contribution in [3.63, 3.8) is 0 Å². The zero-order valence-electron chi connectivity index (χ0n) is 6.27. The number of rotatable bonds is 2. The second-order valence-corrected chi connectivity index (χ2v) is 3.05. The molecule has 11 heavy (non-hydrogen) atoms. The monoisotopic (exact) mass is 163 g/mol. The Hall–Kier alpha value is -0.405. The minimum Gasteiger partial charge on any atom is -0.445 e. The van der Waals surface area contributed by atoms with Crippen molar-refractivity contribution in [1.82, 2.24) is 0 Å². The van der Waals surface area contributed by atoms with Gasteiger partial charge in [-0.25, -0.2) is 0 Å². The van der Waals surface area contributed by atoms with E-state index in [2.05, 4.69) is 0 Å². The van der Waals surface area contributed by atoms with Crippen molar-refractivity contribution in [2.24, 2.45) is 5.92 Å². The van der Waals surface area contributed by atoms with Gasteiger partial charge in [0, 0.05) is 0 Å². The number of allylic oxidation sites excluding steroid dienone is 1. The summed E-state index contributed by atoms with van der Waals surface area (Å²) < 4.78 is 35.1. The van der Waals surface area contributed by atoms with E-state index in [9.17, 15) is 12.9 Å². The molecule has 0 aromatic heterocycles. The highest BCUT2D eigenvalue weighted by molar-refractivity contribution is 6.64. The summed E-state index contributed by atoms with van der Waals surface area (Å²) in [5.41, 5.74) is 0. The first-order chi connectivity index (χ1) is 5.08. The van der Waals surface area contributed by atoms with Crippen LogP contribution in [0.3, 0.4) is 0 Å². The Labute approximate surface area is 64.5 Å². The molecule has 0 aliphatic heterocycles. The van der Waals surface area contributed by atoms with E-state index < -0.39 is 6.98 Å². The molecular weight excluding hydrogens is 152 g/mol. The summed E-state index contributed by atoms with van der Waals surface area (Å²) in [5.74, 6) is 0.620. The summed E-state index contributed by atoms with van der Waals surface area (Å²) in [5, 5.41) is 0. The van der Waals surface area contributed by atoms with Crippen molar-refractivity contribution in [1.29, 1.82) is 0 Å². The fraction of sp³-hybridized carbons (Fsp3) is 0.714. The molecule has 0 nitrogen and oxygen atoms in total. The molecule has 0 aromatic carbocycles. The second kappa shape index (κ2) is 3.33. The summed E-state index contributed by atoms with van der Waals surface area (Å²) >= 11 is 0. The lowest BCUT2D eigenvalue weighted by atomic mass is 9.89. The van der Waals surface area contributed by atoms with Crippen LogP contribution in [0.2, 0.25) is 0 Å².